The Labute approximate surface area is 111 Å². The highest BCUT2D eigenvalue weighted by atomic mass is 15.1. The number of benzene rings is 1. The second-order valence-electron chi connectivity index (χ2n) is 5.89. The van der Waals surface area contributed by atoms with Crippen LogP contribution in [0.2, 0.25) is 0 Å². The lowest BCUT2D eigenvalue weighted by atomic mass is 9.90. The molecular weight excluding hydrogens is 220 g/mol. The van der Waals surface area contributed by atoms with Crippen molar-refractivity contribution in [2.24, 2.45) is 5.92 Å². The second-order valence-corrected chi connectivity index (χ2v) is 5.89. The lowest BCUT2D eigenvalue weighted by molar-refractivity contribution is 0.208. The van der Waals surface area contributed by atoms with E-state index in [-0.39, 0.29) is 0 Å². The maximum absolute atomic E-state index is 3.72. The van der Waals surface area contributed by atoms with Gasteiger partial charge >= 0.3 is 0 Å². The summed E-state index contributed by atoms with van der Waals surface area (Å²) in [6.07, 6.45) is 2.63. The minimum Gasteiger partial charge on any atom is -0.382 e. The van der Waals surface area contributed by atoms with E-state index in [0.29, 0.717) is 6.04 Å². The zero-order valence-electron chi connectivity index (χ0n) is 12.2. The van der Waals surface area contributed by atoms with Crippen molar-refractivity contribution in [1.82, 2.24) is 4.90 Å². The first-order chi connectivity index (χ1) is 8.56. The van der Waals surface area contributed by atoms with Crippen molar-refractivity contribution >= 4 is 5.69 Å². The minimum absolute atomic E-state index is 0.569. The molecule has 1 saturated heterocycles. The first-order valence-electron chi connectivity index (χ1n) is 7.08. The minimum atomic E-state index is 0.569. The Morgan fingerprint density at radius 1 is 1.22 bits per heavy atom. The number of nitrogens with zero attached hydrogens (tertiary/aromatic N) is 1. The third kappa shape index (κ3) is 3.26. The quantitative estimate of drug-likeness (QED) is 0.879. The van der Waals surface area contributed by atoms with Crippen LogP contribution in [0, 0.1) is 19.8 Å². The van der Waals surface area contributed by atoms with Crippen LogP contribution >= 0.6 is 0 Å². The average molecular weight is 246 g/mol. The average Bonchev–Trinajstić information content (AvgIpc) is 2.34. The normalized spacial score (nSPS) is 19.8. The van der Waals surface area contributed by atoms with Gasteiger partial charge in [-0.25, -0.2) is 0 Å². The smallest absolute Gasteiger partial charge is 0.0374 e. The number of likely N-dealkylation sites (tertiary alicyclic amines) is 1. The summed E-state index contributed by atoms with van der Waals surface area (Å²) in [5, 5.41) is 3.72. The Hall–Kier alpha value is -1.02. The van der Waals surface area contributed by atoms with Crippen LogP contribution in [-0.4, -0.2) is 31.1 Å². The summed E-state index contributed by atoms with van der Waals surface area (Å²) in [4.78, 5) is 2.43. The summed E-state index contributed by atoms with van der Waals surface area (Å²) < 4.78 is 0. The van der Waals surface area contributed by atoms with Crippen LogP contribution in [0.1, 0.15) is 30.9 Å². The van der Waals surface area contributed by atoms with E-state index in [0.717, 1.165) is 5.92 Å². The SMILES string of the molecule is Cc1ccc(C)c(NC(C)C2CCN(C)CC2)c1. The van der Waals surface area contributed by atoms with Gasteiger partial charge in [-0.3, -0.25) is 0 Å². The maximum atomic E-state index is 3.72. The van der Waals surface area contributed by atoms with Gasteiger partial charge in [0.05, 0.1) is 0 Å². The number of nitrogens with one attached hydrogen (secondary N) is 1. The Balaban J connectivity index is 1.98. The molecule has 0 aliphatic carbocycles. The molecule has 0 radical (unpaired) electrons. The summed E-state index contributed by atoms with van der Waals surface area (Å²) in [6.45, 7) is 9.15. The predicted molar refractivity (Wildman–Crippen MR) is 79.2 cm³/mol. The van der Waals surface area contributed by atoms with Gasteiger partial charge in [0.1, 0.15) is 0 Å². The van der Waals surface area contributed by atoms with Gasteiger partial charge in [0.25, 0.3) is 0 Å². The van der Waals surface area contributed by atoms with Crippen molar-refractivity contribution in [3.8, 4) is 0 Å². The highest BCUT2D eigenvalue weighted by molar-refractivity contribution is 5.53. The van der Waals surface area contributed by atoms with Crippen molar-refractivity contribution in [2.75, 3.05) is 25.5 Å². The van der Waals surface area contributed by atoms with Crippen LogP contribution in [0.4, 0.5) is 5.69 Å². The first kappa shape index (κ1) is 13.4. The topological polar surface area (TPSA) is 15.3 Å². The van der Waals surface area contributed by atoms with Crippen LogP contribution in [0.25, 0.3) is 0 Å². The van der Waals surface area contributed by atoms with Crippen molar-refractivity contribution < 1.29 is 0 Å². The third-order valence-corrected chi connectivity index (χ3v) is 4.25. The number of piperidine rings is 1. The fraction of sp³-hybridized carbons (Fsp3) is 0.625. The largest absolute Gasteiger partial charge is 0.382 e. The second kappa shape index (κ2) is 5.75. The van der Waals surface area contributed by atoms with Crippen molar-refractivity contribution in [1.29, 1.82) is 0 Å². The summed E-state index contributed by atoms with van der Waals surface area (Å²) in [5.74, 6) is 0.807. The lowest BCUT2D eigenvalue weighted by Gasteiger charge is -2.33. The van der Waals surface area contributed by atoms with E-state index in [9.17, 15) is 0 Å². The zero-order valence-corrected chi connectivity index (χ0v) is 12.2. The van der Waals surface area contributed by atoms with Crippen LogP contribution in [0.3, 0.4) is 0 Å². The van der Waals surface area contributed by atoms with E-state index >= 15 is 0 Å². The molecule has 0 spiro atoms. The molecule has 18 heavy (non-hydrogen) atoms. The summed E-state index contributed by atoms with van der Waals surface area (Å²) in [5.41, 5.74) is 3.99. The van der Waals surface area contributed by atoms with Crippen LogP contribution in [0.15, 0.2) is 18.2 Å². The van der Waals surface area contributed by atoms with Crippen molar-refractivity contribution in [3.63, 3.8) is 0 Å². The summed E-state index contributed by atoms with van der Waals surface area (Å²) >= 11 is 0. The van der Waals surface area contributed by atoms with Gasteiger partial charge in [-0.2, -0.15) is 0 Å². The van der Waals surface area contributed by atoms with Gasteiger partial charge in [0.15, 0.2) is 0 Å². The fourth-order valence-corrected chi connectivity index (χ4v) is 2.78. The van der Waals surface area contributed by atoms with E-state index in [4.69, 9.17) is 0 Å². The molecule has 2 nitrogen and oxygen atoms in total. The van der Waals surface area contributed by atoms with Crippen LogP contribution in [-0.2, 0) is 0 Å². The predicted octanol–water partition coefficient (Wildman–Crippen LogP) is 3.45. The summed E-state index contributed by atoms with van der Waals surface area (Å²) in [6, 6.07) is 7.22. The van der Waals surface area contributed by atoms with E-state index in [1.165, 1.54) is 42.7 Å². The molecule has 1 N–H and O–H groups in total. The number of aryl methyl sites for hydroxylation is 2. The molecule has 1 unspecified atom stereocenters. The van der Waals surface area contributed by atoms with E-state index in [1.54, 1.807) is 0 Å². The molecule has 1 fully saturated rings. The van der Waals surface area contributed by atoms with Gasteiger partial charge in [-0.05, 0) is 76.9 Å². The van der Waals surface area contributed by atoms with E-state index < -0.39 is 0 Å². The molecule has 1 aromatic carbocycles. The molecule has 1 atom stereocenters. The Kier molecular flexibility index (Phi) is 4.28. The Morgan fingerprint density at radius 2 is 1.89 bits per heavy atom. The van der Waals surface area contributed by atoms with Crippen molar-refractivity contribution in [2.45, 2.75) is 39.7 Å². The molecule has 0 bridgehead atoms. The third-order valence-electron chi connectivity index (χ3n) is 4.25. The van der Waals surface area contributed by atoms with Gasteiger partial charge in [0.2, 0.25) is 0 Å². The highest BCUT2D eigenvalue weighted by Gasteiger charge is 2.22. The molecular formula is C16H26N2. The standard InChI is InChI=1S/C16H26N2/c1-12-5-6-13(2)16(11-12)17-14(3)15-7-9-18(4)10-8-15/h5-6,11,14-15,17H,7-10H2,1-4H3. The van der Waals surface area contributed by atoms with Gasteiger partial charge in [-0.1, -0.05) is 12.1 Å². The number of hydrogen-bond donors (Lipinski definition) is 1. The molecule has 0 amide bonds. The molecule has 2 heteroatoms. The monoisotopic (exact) mass is 246 g/mol. The molecule has 1 aliphatic heterocycles. The Bertz CT molecular complexity index is 392. The molecule has 2 rings (SSSR count). The molecule has 0 aromatic heterocycles. The highest BCUT2D eigenvalue weighted by Crippen LogP contribution is 2.24. The molecule has 1 aromatic rings. The van der Waals surface area contributed by atoms with Crippen molar-refractivity contribution in [3.05, 3.63) is 29.3 Å². The van der Waals surface area contributed by atoms with Gasteiger partial charge < -0.3 is 10.2 Å². The number of hydrogen-bond acceptors (Lipinski definition) is 2. The first-order valence-corrected chi connectivity index (χ1v) is 7.08. The molecule has 1 aliphatic rings. The fourth-order valence-electron chi connectivity index (χ4n) is 2.78. The number of anilines is 1. The van der Waals surface area contributed by atoms with Crippen LogP contribution in [0.5, 0.6) is 0 Å². The maximum Gasteiger partial charge on any atom is 0.0374 e. The molecule has 100 valence electrons. The summed E-state index contributed by atoms with van der Waals surface area (Å²) in [7, 11) is 2.22. The van der Waals surface area contributed by atoms with E-state index in [1.807, 2.05) is 0 Å². The van der Waals surface area contributed by atoms with Gasteiger partial charge in [0, 0.05) is 11.7 Å². The van der Waals surface area contributed by atoms with Gasteiger partial charge in [-0.15, -0.1) is 0 Å². The molecule has 1 heterocycles. The molecule has 0 saturated carbocycles. The zero-order chi connectivity index (χ0) is 13.1. The Morgan fingerprint density at radius 3 is 2.56 bits per heavy atom. The lowest BCUT2D eigenvalue weighted by Crippen LogP contribution is -2.37. The van der Waals surface area contributed by atoms with Crippen LogP contribution < -0.4 is 5.32 Å². The van der Waals surface area contributed by atoms with E-state index in [2.05, 4.69) is 56.2 Å². The number of rotatable bonds is 3.